The fourth-order valence-electron chi connectivity index (χ4n) is 3.55. The predicted molar refractivity (Wildman–Crippen MR) is 115 cm³/mol. The second-order valence-electron chi connectivity index (χ2n) is 7.04. The molecule has 1 heterocycles. The molecule has 0 radical (unpaired) electrons. The van der Waals surface area contributed by atoms with Crippen LogP contribution in [0, 0.1) is 5.92 Å². The quantitative estimate of drug-likeness (QED) is 0.630. The topological polar surface area (TPSA) is 75.7 Å². The zero-order valence-corrected chi connectivity index (χ0v) is 16.8. The smallest absolute Gasteiger partial charge is 0.311 e. The van der Waals surface area contributed by atoms with Crippen LogP contribution in [0.15, 0.2) is 66.7 Å². The first kappa shape index (κ1) is 19.9. The van der Waals surface area contributed by atoms with Crippen LogP contribution in [0.4, 0.5) is 11.4 Å². The van der Waals surface area contributed by atoms with Gasteiger partial charge < -0.3 is 15.0 Å². The van der Waals surface area contributed by atoms with Gasteiger partial charge in [0.25, 0.3) is 5.91 Å². The van der Waals surface area contributed by atoms with Crippen molar-refractivity contribution >= 4 is 51.5 Å². The maximum atomic E-state index is 12.6. The van der Waals surface area contributed by atoms with E-state index in [9.17, 15) is 14.4 Å². The van der Waals surface area contributed by atoms with E-state index in [1.54, 1.807) is 29.2 Å². The number of ether oxygens (including phenoxy) is 1. The van der Waals surface area contributed by atoms with Crippen LogP contribution in [0.2, 0.25) is 5.02 Å². The number of fused-ring (bicyclic) bond motifs is 1. The first-order valence-electron chi connectivity index (χ1n) is 9.52. The normalized spacial score (nSPS) is 16.0. The molecule has 3 aromatic rings. The molecule has 1 fully saturated rings. The molecule has 1 aliphatic heterocycles. The van der Waals surface area contributed by atoms with Gasteiger partial charge in [-0.25, -0.2) is 0 Å². The van der Waals surface area contributed by atoms with Crippen LogP contribution in [-0.4, -0.2) is 30.9 Å². The summed E-state index contributed by atoms with van der Waals surface area (Å²) < 4.78 is 5.15. The molecule has 152 valence electrons. The zero-order chi connectivity index (χ0) is 21.1. The number of esters is 1. The molecule has 0 spiro atoms. The summed E-state index contributed by atoms with van der Waals surface area (Å²) in [6.07, 6.45) is 0.0498. The Kier molecular flexibility index (Phi) is 5.68. The molecule has 1 saturated heterocycles. The molecule has 2 amide bonds. The van der Waals surface area contributed by atoms with Crippen molar-refractivity contribution in [3.05, 3.63) is 71.8 Å². The summed E-state index contributed by atoms with van der Waals surface area (Å²) in [4.78, 5) is 38.7. The number of carbonyl (C=O) groups excluding carboxylic acids is 3. The number of hydrogen-bond donors (Lipinski definition) is 1. The molecule has 30 heavy (non-hydrogen) atoms. The monoisotopic (exact) mass is 422 g/mol. The number of nitrogens with one attached hydrogen (secondary N) is 1. The van der Waals surface area contributed by atoms with E-state index in [0.29, 0.717) is 10.7 Å². The largest absolute Gasteiger partial charge is 0.455 e. The number of para-hydroxylation sites is 1. The first-order chi connectivity index (χ1) is 14.5. The van der Waals surface area contributed by atoms with Gasteiger partial charge in [-0.1, -0.05) is 60.1 Å². The summed E-state index contributed by atoms with van der Waals surface area (Å²) >= 11 is 6.00. The van der Waals surface area contributed by atoms with Crippen molar-refractivity contribution in [1.82, 2.24) is 0 Å². The molecule has 6 nitrogen and oxygen atoms in total. The van der Waals surface area contributed by atoms with Gasteiger partial charge in [0.1, 0.15) is 0 Å². The molecule has 0 unspecified atom stereocenters. The summed E-state index contributed by atoms with van der Waals surface area (Å²) in [5.74, 6) is -1.83. The van der Waals surface area contributed by atoms with Crippen LogP contribution in [0.25, 0.3) is 10.8 Å². The van der Waals surface area contributed by atoms with Gasteiger partial charge in [-0.2, -0.15) is 0 Å². The number of rotatable bonds is 5. The Morgan fingerprint density at radius 1 is 1.03 bits per heavy atom. The van der Waals surface area contributed by atoms with Crippen LogP contribution < -0.4 is 10.2 Å². The van der Waals surface area contributed by atoms with Crippen LogP contribution in [0.3, 0.4) is 0 Å². The second kappa shape index (κ2) is 8.55. The highest BCUT2D eigenvalue weighted by Crippen LogP contribution is 2.32. The number of hydrogen-bond acceptors (Lipinski definition) is 4. The van der Waals surface area contributed by atoms with E-state index >= 15 is 0 Å². The van der Waals surface area contributed by atoms with Gasteiger partial charge in [0, 0.05) is 18.4 Å². The van der Waals surface area contributed by atoms with Gasteiger partial charge >= 0.3 is 5.97 Å². The minimum Gasteiger partial charge on any atom is -0.455 e. The lowest BCUT2D eigenvalue weighted by Crippen LogP contribution is -2.28. The van der Waals surface area contributed by atoms with Crippen molar-refractivity contribution < 1.29 is 19.1 Å². The molecule has 1 N–H and O–H groups in total. The summed E-state index contributed by atoms with van der Waals surface area (Å²) in [6, 6.07) is 20.3. The van der Waals surface area contributed by atoms with E-state index in [0.717, 1.165) is 16.5 Å². The van der Waals surface area contributed by atoms with Gasteiger partial charge in [-0.3, -0.25) is 14.4 Å². The van der Waals surface area contributed by atoms with Crippen molar-refractivity contribution in [2.24, 2.45) is 5.92 Å². The van der Waals surface area contributed by atoms with E-state index in [-0.39, 0.29) is 18.9 Å². The molecular formula is C23H19ClN2O4. The second-order valence-corrected chi connectivity index (χ2v) is 7.45. The van der Waals surface area contributed by atoms with Crippen LogP contribution in [0.1, 0.15) is 6.42 Å². The Morgan fingerprint density at radius 3 is 2.60 bits per heavy atom. The SMILES string of the molecule is O=C(COC(=O)[C@H]1CC(=O)N(c2cccc3ccccc23)C1)Nc1ccccc1Cl. The predicted octanol–water partition coefficient (Wildman–Crippen LogP) is 4.03. The van der Waals surface area contributed by atoms with Crippen LogP contribution >= 0.6 is 11.6 Å². The first-order valence-corrected chi connectivity index (χ1v) is 9.90. The van der Waals surface area contributed by atoms with E-state index in [1.807, 2.05) is 42.5 Å². The Morgan fingerprint density at radius 2 is 1.77 bits per heavy atom. The van der Waals surface area contributed by atoms with Crippen LogP contribution in [-0.2, 0) is 19.1 Å². The molecule has 4 rings (SSSR count). The molecule has 3 aromatic carbocycles. The molecule has 0 saturated carbocycles. The van der Waals surface area contributed by atoms with Crippen molar-refractivity contribution in [3.63, 3.8) is 0 Å². The average molecular weight is 423 g/mol. The Hall–Kier alpha value is -3.38. The van der Waals surface area contributed by atoms with Gasteiger partial charge in [0.15, 0.2) is 6.61 Å². The Balaban J connectivity index is 1.38. The molecule has 0 aliphatic carbocycles. The van der Waals surface area contributed by atoms with Gasteiger partial charge in [-0.15, -0.1) is 0 Å². The third-order valence-corrected chi connectivity index (χ3v) is 5.34. The minimum absolute atomic E-state index is 0.0498. The highest BCUT2D eigenvalue weighted by Gasteiger charge is 2.36. The van der Waals surface area contributed by atoms with Gasteiger partial charge in [0.2, 0.25) is 5.91 Å². The van der Waals surface area contributed by atoms with Crippen molar-refractivity contribution in [2.75, 3.05) is 23.4 Å². The molecule has 0 bridgehead atoms. The maximum Gasteiger partial charge on any atom is 0.311 e. The van der Waals surface area contributed by atoms with E-state index in [4.69, 9.17) is 16.3 Å². The summed E-state index contributed by atoms with van der Waals surface area (Å²) in [5.41, 5.74) is 1.21. The fraction of sp³-hybridized carbons (Fsp3) is 0.174. The Bertz CT molecular complexity index is 1130. The van der Waals surface area contributed by atoms with Gasteiger partial charge in [0.05, 0.1) is 22.3 Å². The van der Waals surface area contributed by atoms with Crippen molar-refractivity contribution in [3.8, 4) is 0 Å². The minimum atomic E-state index is -0.621. The highest BCUT2D eigenvalue weighted by atomic mass is 35.5. The summed E-state index contributed by atoms with van der Waals surface area (Å²) in [7, 11) is 0. The average Bonchev–Trinajstić information content (AvgIpc) is 3.15. The molecule has 7 heteroatoms. The molecular weight excluding hydrogens is 404 g/mol. The molecule has 1 atom stereocenters. The standard InChI is InChI=1S/C23H19ClN2O4/c24-18-9-3-4-10-19(18)25-21(27)14-30-23(29)16-12-22(28)26(13-16)20-11-5-7-15-6-1-2-8-17(15)20/h1-11,16H,12-14H2,(H,25,27)/t16-/m0/s1. The highest BCUT2D eigenvalue weighted by molar-refractivity contribution is 6.33. The summed E-state index contributed by atoms with van der Waals surface area (Å²) in [5, 5.41) is 4.95. The third kappa shape index (κ3) is 4.14. The lowest BCUT2D eigenvalue weighted by molar-refractivity contribution is -0.151. The molecule has 0 aromatic heterocycles. The lowest BCUT2D eigenvalue weighted by Gasteiger charge is -2.18. The Labute approximate surface area is 178 Å². The number of benzene rings is 3. The zero-order valence-electron chi connectivity index (χ0n) is 16.0. The molecule has 1 aliphatic rings. The number of halogens is 1. The number of anilines is 2. The fourth-order valence-corrected chi connectivity index (χ4v) is 3.73. The number of amides is 2. The van der Waals surface area contributed by atoms with Crippen LogP contribution in [0.5, 0.6) is 0 Å². The van der Waals surface area contributed by atoms with E-state index in [1.165, 1.54) is 0 Å². The number of nitrogens with zero attached hydrogens (tertiary/aromatic N) is 1. The summed E-state index contributed by atoms with van der Waals surface area (Å²) in [6.45, 7) is -0.221. The third-order valence-electron chi connectivity index (χ3n) is 5.01. The van der Waals surface area contributed by atoms with E-state index < -0.39 is 24.4 Å². The van der Waals surface area contributed by atoms with Crippen molar-refractivity contribution in [1.29, 1.82) is 0 Å². The van der Waals surface area contributed by atoms with Gasteiger partial charge in [-0.05, 0) is 23.6 Å². The number of carbonyl (C=O) groups is 3. The maximum absolute atomic E-state index is 12.6. The lowest BCUT2D eigenvalue weighted by atomic mass is 10.1. The van der Waals surface area contributed by atoms with E-state index in [2.05, 4.69) is 5.32 Å². The van der Waals surface area contributed by atoms with Crippen molar-refractivity contribution in [2.45, 2.75) is 6.42 Å².